The van der Waals surface area contributed by atoms with Crippen molar-refractivity contribution < 1.29 is 8.42 Å². The Balaban J connectivity index is 1.81. The van der Waals surface area contributed by atoms with Gasteiger partial charge < -0.3 is 0 Å². The predicted molar refractivity (Wildman–Crippen MR) is 132 cm³/mol. The van der Waals surface area contributed by atoms with E-state index in [0.717, 1.165) is 33.2 Å². The molecule has 0 fully saturated rings. The van der Waals surface area contributed by atoms with Crippen molar-refractivity contribution >= 4 is 32.0 Å². The van der Waals surface area contributed by atoms with E-state index in [1.807, 2.05) is 44.4 Å². The summed E-state index contributed by atoms with van der Waals surface area (Å²) in [6.45, 7) is 1.87. The van der Waals surface area contributed by atoms with Crippen molar-refractivity contribution in [3.8, 4) is 16.8 Å². The largest absolute Gasteiger partial charge is 0.333 e. The Morgan fingerprint density at radius 2 is 1.74 bits per heavy atom. The molecule has 9 nitrogen and oxygen atoms in total. The maximum atomic E-state index is 13.3. The van der Waals surface area contributed by atoms with Gasteiger partial charge in [0.25, 0.3) is 0 Å². The maximum absolute atomic E-state index is 13.3. The van der Waals surface area contributed by atoms with Gasteiger partial charge in [0.05, 0.1) is 39.0 Å². The Hall–Kier alpha value is -3.76. The Bertz CT molecular complexity index is 1760. The highest BCUT2D eigenvalue weighted by molar-refractivity contribution is 7.89. The van der Waals surface area contributed by atoms with E-state index in [0.29, 0.717) is 11.2 Å². The molecule has 3 aromatic heterocycles. The van der Waals surface area contributed by atoms with Gasteiger partial charge in [0.15, 0.2) is 0 Å². The summed E-state index contributed by atoms with van der Waals surface area (Å²) in [7, 11) is 2.99. The fourth-order valence-corrected chi connectivity index (χ4v) is 5.20. The van der Waals surface area contributed by atoms with E-state index in [1.165, 1.54) is 18.4 Å². The molecule has 34 heavy (non-hydrogen) atoms. The van der Waals surface area contributed by atoms with Crippen molar-refractivity contribution in [2.45, 2.75) is 11.8 Å². The van der Waals surface area contributed by atoms with Crippen molar-refractivity contribution in [3.63, 3.8) is 0 Å². The average molecular weight is 477 g/mol. The summed E-state index contributed by atoms with van der Waals surface area (Å²) >= 11 is 0. The van der Waals surface area contributed by atoms with Gasteiger partial charge in [0.2, 0.25) is 10.0 Å². The summed E-state index contributed by atoms with van der Waals surface area (Å²) in [5.41, 5.74) is 4.98. The number of sulfonamides is 1. The first-order valence-corrected chi connectivity index (χ1v) is 12.1. The predicted octanol–water partition coefficient (Wildman–Crippen LogP) is 2.84. The van der Waals surface area contributed by atoms with E-state index in [2.05, 4.69) is 10.1 Å². The standard InChI is InChI=1S/C24H24N6O3S/c1-15-22(14-28(4)26-15)30-23-19-12-17(9-10-20(19)25-13-21(23)29(5)24(30)31)16-7-6-8-18(11-16)34(32,33)27(2)3/h6-14H,1-5H3. The number of aromatic nitrogens is 5. The van der Waals surface area contributed by atoms with E-state index in [9.17, 15) is 13.2 Å². The smallest absolute Gasteiger partial charge is 0.293 e. The Morgan fingerprint density at radius 1 is 1.00 bits per heavy atom. The van der Waals surface area contributed by atoms with Crippen LogP contribution in [0.25, 0.3) is 38.8 Å². The van der Waals surface area contributed by atoms with Crippen molar-refractivity contribution in [2.75, 3.05) is 14.1 Å². The van der Waals surface area contributed by atoms with E-state index >= 15 is 0 Å². The summed E-state index contributed by atoms with van der Waals surface area (Å²) < 4.78 is 31.4. The molecule has 3 heterocycles. The molecule has 0 aliphatic heterocycles. The van der Waals surface area contributed by atoms with E-state index in [1.54, 1.807) is 45.3 Å². The van der Waals surface area contributed by atoms with Crippen LogP contribution in [-0.4, -0.2) is 50.7 Å². The number of aryl methyl sites for hydroxylation is 3. The molecule has 0 saturated heterocycles. The summed E-state index contributed by atoms with van der Waals surface area (Å²) in [6.07, 6.45) is 3.52. The lowest BCUT2D eigenvalue weighted by Crippen LogP contribution is -2.22. The third kappa shape index (κ3) is 3.25. The average Bonchev–Trinajstić information content (AvgIpc) is 3.28. The van der Waals surface area contributed by atoms with Crippen LogP contribution in [0.3, 0.4) is 0 Å². The van der Waals surface area contributed by atoms with Crippen LogP contribution in [0.4, 0.5) is 0 Å². The third-order valence-corrected chi connectivity index (χ3v) is 7.87. The second-order valence-corrected chi connectivity index (χ2v) is 10.6. The van der Waals surface area contributed by atoms with Crippen molar-refractivity contribution in [3.05, 3.63) is 71.0 Å². The quantitative estimate of drug-likeness (QED) is 0.398. The van der Waals surface area contributed by atoms with Gasteiger partial charge >= 0.3 is 5.69 Å². The summed E-state index contributed by atoms with van der Waals surface area (Å²) in [6, 6.07) is 12.6. The summed E-state index contributed by atoms with van der Waals surface area (Å²) in [4.78, 5) is 18.0. The molecule has 0 radical (unpaired) electrons. The zero-order valence-corrected chi connectivity index (χ0v) is 20.3. The molecule has 0 aliphatic carbocycles. The number of rotatable bonds is 4. The topological polar surface area (TPSA) is 95.0 Å². The Morgan fingerprint density at radius 3 is 2.41 bits per heavy atom. The van der Waals surface area contributed by atoms with Gasteiger partial charge in [-0.05, 0) is 42.3 Å². The molecule has 0 N–H and O–H groups in total. The van der Waals surface area contributed by atoms with Gasteiger partial charge in [-0.2, -0.15) is 5.10 Å². The van der Waals surface area contributed by atoms with Crippen molar-refractivity contribution in [2.24, 2.45) is 14.1 Å². The monoisotopic (exact) mass is 476 g/mol. The van der Waals surface area contributed by atoms with Gasteiger partial charge in [-0.3, -0.25) is 18.8 Å². The van der Waals surface area contributed by atoms with Crippen LogP contribution in [-0.2, 0) is 24.1 Å². The molecule has 0 amide bonds. The number of hydrogen-bond acceptors (Lipinski definition) is 5. The molecule has 5 aromatic rings. The van der Waals surface area contributed by atoms with Crippen LogP contribution in [0.2, 0.25) is 0 Å². The summed E-state index contributed by atoms with van der Waals surface area (Å²) in [5, 5.41) is 5.20. The normalized spacial score (nSPS) is 12.3. The molecule has 0 spiro atoms. The lowest BCUT2D eigenvalue weighted by Gasteiger charge is -2.13. The van der Waals surface area contributed by atoms with Gasteiger partial charge in [-0.15, -0.1) is 0 Å². The zero-order valence-electron chi connectivity index (χ0n) is 19.5. The highest BCUT2D eigenvalue weighted by Gasteiger charge is 2.20. The molecule has 5 rings (SSSR count). The van der Waals surface area contributed by atoms with E-state index in [-0.39, 0.29) is 10.6 Å². The second kappa shape index (κ2) is 7.64. The first-order valence-electron chi connectivity index (χ1n) is 10.6. The highest BCUT2D eigenvalue weighted by atomic mass is 32.2. The van der Waals surface area contributed by atoms with E-state index in [4.69, 9.17) is 0 Å². The minimum absolute atomic E-state index is 0.190. The Kier molecular flexibility index (Phi) is 4.96. The second-order valence-electron chi connectivity index (χ2n) is 8.49. The molecule has 2 aromatic carbocycles. The van der Waals surface area contributed by atoms with Crippen LogP contribution in [0.5, 0.6) is 0 Å². The Labute approximate surface area is 196 Å². The molecular formula is C24H24N6O3S. The SMILES string of the molecule is Cc1nn(C)cc1-n1c(=O)n(C)c2cnc3ccc(-c4cccc(S(=O)(=O)N(C)C)c4)cc3c21. The molecule has 0 saturated carbocycles. The van der Waals surface area contributed by atoms with Crippen molar-refractivity contribution in [1.82, 2.24) is 28.2 Å². The molecule has 10 heteroatoms. The van der Waals surface area contributed by atoms with Gasteiger partial charge in [-0.1, -0.05) is 18.2 Å². The molecule has 0 unspecified atom stereocenters. The van der Waals surface area contributed by atoms with Gasteiger partial charge in [0, 0.05) is 39.8 Å². The maximum Gasteiger partial charge on any atom is 0.333 e. The number of benzene rings is 2. The molecule has 0 aliphatic rings. The summed E-state index contributed by atoms with van der Waals surface area (Å²) in [5.74, 6) is 0. The first kappa shape index (κ1) is 22.1. The number of fused-ring (bicyclic) bond motifs is 3. The van der Waals surface area contributed by atoms with E-state index < -0.39 is 10.0 Å². The molecule has 174 valence electrons. The zero-order chi connectivity index (χ0) is 24.4. The number of hydrogen-bond donors (Lipinski definition) is 0. The molecule has 0 bridgehead atoms. The lowest BCUT2D eigenvalue weighted by molar-refractivity contribution is 0.521. The van der Waals surface area contributed by atoms with Gasteiger partial charge in [0.1, 0.15) is 0 Å². The molecule has 0 atom stereocenters. The van der Waals surface area contributed by atoms with Crippen LogP contribution >= 0.6 is 0 Å². The third-order valence-electron chi connectivity index (χ3n) is 6.06. The minimum Gasteiger partial charge on any atom is -0.293 e. The lowest BCUT2D eigenvalue weighted by atomic mass is 10.0. The van der Waals surface area contributed by atoms with Crippen LogP contribution in [0, 0.1) is 6.92 Å². The minimum atomic E-state index is -3.57. The highest BCUT2D eigenvalue weighted by Crippen LogP contribution is 2.31. The fourth-order valence-electron chi connectivity index (χ4n) is 4.25. The number of pyridine rings is 1. The van der Waals surface area contributed by atoms with Gasteiger partial charge in [-0.25, -0.2) is 17.5 Å². The van der Waals surface area contributed by atoms with Crippen LogP contribution in [0.1, 0.15) is 5.69 Å². The van der Waals surface area contributed by atoms with Crippen molar-refractivity contribution in [1.29, 1.82) is 0 Å². The fraction of sp³-hybridized carbons (Fsp3) is 0.208. The number of nitrogens with zero attached hydrogens (tertiary/aromatic N) is 6. The number of imidazole rings is 1. The first-order chi connectivity index (χ1) is 16.1. The van der Waals surface area contributed by atoms with Crippen LogP contribution < -0.4 is 5.69 Å². The van der Waals surface area contributed by atoms with Crippen LogP contribution in [0.15, 0.2) is 64.5 Å². The molecular weight excluding hydrogens is 452 g/mol.